The van der Waals surface area contributed by atoms with Gasteiger partial charge in [-0.15, -0.1) is 21.5 Å². The van der Waals surface area contributed by atoms with E-state index in [1.165, 1.54) is 31.5 Å². The standard InChI is InChI=1S/C15H15N5OS2/c1-2-11(22-7-1)13-16-12(21-19-13)8-23-15-18-17-14(9-3-4-9)20(15)10-5-6-10/h1-2,7,9-10H,3-6,8H2. The molecule has 0 N–H and O–H groups in total. The molecule has 0 saturated heterocycles. The molecule has 6 nitrogen and oxygen atoms in total. The molecule has 118 valence electrons. The van der Waals surface area contributed by atoms with Crippen LogP contribution in [0.2, 0.25) is 0 Å². The molecule has 0 unspecified atom stereocenters. The lowest BCUT2D eigenvalue weighted by atomic mass is 10.4. The highest BCUT2D eigenvalue weighted by molar-refractivity contribution is 7.98. The van der Waals surface area contributed by atoms with Crippen LogP contribution in [0.5, 0.6) is 0 Å². The lowest BCUT2D eigenvalue weighted by Gasteiger charge is -2.06. The van der Waals surface area contributed by atoms with Crippen LogP contribution < -0.4 is 0 Å². The Morgan fingerprint density at radius 3 is 2.91 bits per heavy atom. The van der Waals surface area contributed by atoms with Gasteiger partial charge in [0.1, 0.15) is 5.82 Å². The van der Waals surface area contributed by atoms with Gasteiger partial charge in [0, 0.05) is 12.0 Å². The van der Waals surface area contributed by atoms with E-state index in [0.29, 0.717) is 29.4 Å². The molecule has 23 heavy (non-hydrogen) atoms. The fourth-order valence-corrected chi connectivity index (χ4v) is 4.13. The summed E-state index contributed by atoms with van der Waals surface area (Å²) >= 11 is 3.26. The van der Waals surface area contributed by atoms with Crippen molar-refractivity contribution in [1.82, 2.24) is 24.9 Å². The van der Waals surface area contributed by atoms with E-state index in [1.54, 1.807) is 23.1 Å². The molecule has 8 heteroatoms. The molecule has 2 aliphatic rings. The molecule has 0 spiro atoms. The van der Waals surface area contributed by atoms with Gasteiger partial charge < -0.3 is 9.09 Å². The Labute approximate surface area is 141 Å². The lowest BCUT2D eigenvalue weighted by molar-refractivity contribution is 0.391. The van der Waals surface area contributed by atoms with Crippen molar-refractivity contribution < 1.29 is 4.52 Å². The SMILES string of the molecule is c1csc(-c2noc(CSc3nnc(C4CC4)n3C3CC3)n2)c1. The number of thiophene rings is 1. The first kappa shape index (κ1) is 13.7. The zero-order chi connectivity index (χ0) is 15.2. The van der Waals surface area contributed by atoms with Gasteiger partial charge in [0.2, 0.25) is 11.7 Å². The normalized spacial score (nSPS) is 17.7. The first-order valence-electron chi connectivity index (χ1n) is 7.82. The van der Waals surface area contributed by atoms with E-state index in [4.69, 9.17) is 4.52 Å². The summed E-state index contributed by atoms with van der Waals surface area (Å²) in [6.07, 6.45) is 5.00. The summed E-state index contributed by atoms with van der Waals surface area (Å²) in [4.78, 5) is 5.50. The maximum atomic E-state index is 5.36. The number of hydrogen-bond acceptors (Lipinski definition) is 7. The molecule has 5 rings (SSSR count). The van der Waals surface area contributed by atoms with E-state index in [2.05, 4.69) is 24.9 Å². The highest BCUT2D eigenvalue weighted by atomic mass is 32.2. The van der Waals surface area contributed by atoms with Crippen molar-refractivity contribution in [2.24, 2.45) is 0 Å². The Morgan fingerprint density at radius 1 is 1.26 bits per heavy atom. The average Bonchev–Trinajstić information content (AvgIpc) is 3.43. The van der Waals surface area contributed by atoms with Gasteiger partial charge in [0.15, 0.2) is 5.16 Å². The zero-order valence-corrected chi connectivity index (χ0v) is 14.0. The van der Waals surface area contributed by atoms with Gasteiger partial charge in [-0.3, -0.25) is 0 Å². The van der Waals surface area contributed by atoms with Crippen LogP contribution in [-0.2, 0) is 5.75 Å². The number of aromatic nitrogens is 5. The van der Waals surface area contributed by atoms with E-state index < -0.39 is 0 Å². The minimum Gasteiger partial charge on any atom is -0.338 e. The molecule has 0 aliphatic heterocycles. The molecule has 0 radical (unpaired) electrons. The fourth-order valence-electron chi connectivity index (χ4n) is 2.63. The minimum atomic E-state index is 0.604. The van der Waals surface area contributed by atoms with E-state index in [1.807, 2.05) is 17.5 Å². The molecule has 3 aromatic rings. The Hall–Kier alpha value is -1.67. The van der Waals surface area contributed by atoms with Crippen molar-refractivity contribution in [3.05, 3.63) is 29.2 Å². The van der Waals surface area contributed by atoms with Crippen LogP contribution in [0.3, 0.4) is 0 Å². The van der Waals surface area contributed by atoms with E-state index in [9.17, 15) is 0 Å². The van der Waals surface area contributed by atoms with Crippen LogP contribution in [0.15, 0.2) is 27.2 Å². The summed E-state index contributed by atoms with van der Waals surface area (Å²) in [5.74, 6) is 3.74. The third kappa shape index (κ3) is 2.70. The van der Waals surface area contributed by atoms with Gasteiger partial charge in [0.25, 0.3) is 0 Å². The molecule has 3 aromatic heterocycles. The summed E-state index contributed by atoms with van der Waals surface area (Å²) in [6, 6.07) is 4.59. The molecule has 2 aliphatic carbocycles. The number of rotatable bonds is 6. The van der Waals surface area contributed by atoms with Crippen molar-refractivity contribution in [2.75, 3.05) is 0 Å². The fraction of sp³-hybridized carbons (Fsp3) is 0.467. The highest BCUT2D eigenvalue weighted by Crippen LogP contribution is 2.46. The summed E-state index contributed by atoms with van der Waals surface area (Å²) in [5.41, 5.74) is 0. The van der Waals surface area contributed by atoms with Crippen molar-refractivity contribution in [3.8, 4) is 10.7 Å². The monoisotopic (exact) mass is 345 g/mol. The molecule has 3 heterocycles. The van der Waals surface area contributed by atoms with Gasteiger partial charge in [-0.25, -0.2) is 0 Å². The maximum absolute atomic E-state index is 5.36. The summed E-state index contributed by atoms with van der Waals surface area (Å²) in [5, 5.41) is 15.9. The van der Waals surface area contributed by atoms with Gasteiger partial charge in [-0.2, -0.15) is 4.98 Å². The third-order valence-electron chi connectivity index (χ3n) is 4.08. The predicted octanol–water partition coefficient (Wildman–Crippen LogP) is 3.89. The summed E-state index contributed by atoms with van der Waals surface area (Å²) in [7, 11) is 0. The number of nitrogens with zero attached hydrogens (tertiary/aromatic N) is 5. The van der Waals surface area contributed by atoms with Crippen LogP contribution in [-0.4, -0.2) is 24.9 Å². The van der Waals surface area contributed by atoms with E-state index >= 15 is 0 Å². The van der Waals surface area contributed by atoms with E-state index in [0.717, 1.165) is 10.0 Å². The van der Waals surface area contributed by atoms with Crippen LogP contribution in [0, 0.1) is 0 Å². The largest absolute Gasteiger partial charge is 0.338 e. The molecular weight excluding hydrogens is 330 g/mol. The molecule has 0 amide bonds. The summed E-state index contributed by atoms with van der Waals surface area (Å²) in [6.45, 7) is 0. The average molecular weight is 345 g/mol. The Morgan fingerprint density at radius 2 is 2.17 bits per heavy atom. The van der Waals surface area contributed by atoms with Gasteiger partial charge in [-0.05, 0) is 37.1 Å². The van der Waals surface area contributed by atoms with Crippen LogP contribution >= 0.6 is 23.1 Å². The predicted molar refractivity (Wildman–Crippen MR) is 87.4 cm³/mol. The van der Waals surface area contributed by atoms with Crippen molar-refractivity contribution in [3.63, 3.8) is 0 Å². The molecule has 0 atom stereocenters. The first-order valence-corrected chi connectivity index (χ1v) is 9.69. The van der Waals surface area contributed by atoms with Gasteiger partial charge in [0.05, 0.1) is 10.6 Å². The Bertz CT molecular complexity index is 817. The van der Waals surface area contributed by atoms with Crippen molar-refractivity contribution >= 4 is 23.1 Å². The topological polar surface area (TPSA) is 69.6 Å². The van der Waals surface area contributed by atoms with Gasteiger partial charge in [-0.1, -0.05) is 23.0 Å². The second-order valence-electron chi connectivity index (χ2n) is 5.99. The highest BCUT2D eigenvalue weighted by Gasteiger charge is 2.36. The third-order valence-corrected chi connectivity index (χ3v) is 5.87. The molecule has 2 fully saturated rings. The first-order chi connectivity index (χ1) is 11.4. The zero-order valence-electron chi connectivity index (χ0n) is 12.4. The van der Waals surface area contributed by atoms with Crippen molar-refractivity contribution in [2.45, 2.75) is 48.6 Å². The lowest BCUT2D eigenvalue weighted by Crippen LogP contribution is -2.01. The Balaban J connectivity index is 1.33. The number of thioether (sulfide) groups is 1. The maximum Gasteiger partial charge on any atom is 0.237 e. The molecule has 0 bridgehead atoms. The van der Waals surface area contributed by atoms with Crippen LogP contribution in [0.1, 0.15) is 49.4 Å². The number of hydrogen-bond donors (Lipinski definition) is 0. The van der Waals surface area contributed by atoms with Crippen molar-refractivity contribution in [1.29, 1.82) is 0 Å². The molecule has 2 saturated carbocycles. The molecule has 0 aromatic carbocycles. The second kappa shape index (κ2) is 5.45. The van der Waals surface area contributed by atoms with Crippen LogP contribution in [0.25, 0.3) is 10.7 Å². The van der Waals surface area contributed by atoms with Gasteiger partial charge >= 0.3 is 0 Å². The van der Waals surface area contributed by atoms with Crippen LogP contribution in [0.4, 0.5) is 0 Å². The minimum absolute atomic E-state index is 0.604. The quantitative estimate of drug-likeness (QED) is 0.631. The Kier molecular flexibility index (Phi) is 3.26. The summed E-state index contributed by atoms with van der Waals surface area (Å²) < 4.78 is 7.71. The smallest absolute Gasteiger partial charge is 0.237 e. The second-order valence-corrected chi connectivity index (χ2v) is 7.88. The van der Waals surface area contributed by atoms with E-state index in [-0.39, 0.29) is 0 Å². The molecular formula is C15H15N5OS2.